The Labute approximate surface area is 91.6 Å². The van der Waals surface area contributed by atoms with E-state index in [1.165, 1.54) is 0 Å². The molecule has 1 N–H and O–H groups in total. The summed E-state index contributed by atoms with van der Waals surface area (Å²) in [7, 11) is 0. The molecule has 1 atom stereocenters. The SMILES string of the molecule is C[C@@H]1CNCCN1CCN1CCCC1=O. The summed E-state index contributed by atoms with van der Waals surface area (Å²) in [5.74, 6) is 0.345. The van der Waals surface area contributed by atoms with Crippen LogP contribution in [0.5, 0.6) is 0 Å². The first-order valence-corrected chi connectivity index (χ1v) is 6.00. The van der Waals surface area contributed by atoms with E-state index in [0.717, 1.165) is 52.1 Å². The molecule has 0 aliphatic carbocycles. The van der Waals surface area contributed by atoms with Crippen LogP contribution in [0.1, 0.15) is 19.8 Å². The van der Waals surface area contributed by atoms with Gasteiger partial charge in [-0.1, -0.05) is 0 Å². The zero-order valence-corrected chi connectivity index (χ0v) is 9.54. The van der Waals surface area contributed by atoms with Crippen LogP contribution >= 0.6 is 0 Å². The molecule has 0 bridgehead atoms. The third-order valence-electron chi connectivity index (χ3n) is 3.47. The van der Waals surface area contributed by atoms with Crippen LogP contribution in [0.4, 0.5) is 0 Å². The molecule has 0 radical (unpaired) electrons. The zero-order valence-electron chi connectivity index (χ0n) is 9.54. The van der Waals surface area contributed by atoms with Gasteiger partial charge in [0.2, 0.25) is 5.91 Å². The Kier molecular flexibility index (Phi) is 3.59. The minimum absolute atomic E-state index is 0.345. The number of nitrogens with zero attached hydrogens (tertiary/aromatic N) is 2. The van der Waals surface area contributed by atoms with Crippen molar-refractivity contribution in [2.24, 2.45) is 0 Å². The second-order valence-corrected chi connectivity index (χ2v) is 4.57. The van der Waals surface area contributed by atoms with Crippen LogP contribution in [0.3, 0.4) is 0 Å². The van der Waals surface area contributed by atoms with Crippen LogP contribution in [0, 0.1) is 0 Å². The van der Waals surface area contributed by atoms with Gasteiger partial charge in [-0.3, -0.25) is 9.69 Å². The van der Waals surface area contributed by atoms with Crippen LogP contribution in [0.2, 0.25) is 0 Å². The summed E-state index contributed by atoms with van der Waals surface area (Å²) in [6.45, 7) is 8.45. The lowest BCUT2D eigenvalue weighted by molar-refractivity contribution is -0.127. The number of carbonyl (C=O) groups is 1. The highest BCUT2D eigenvalue weighted by Gasteiger charge is 2.22. The molecule has 15 heavy (non-hydrogen) atoms. The zero-order chi connectivity index (χ0) is 10.7. The van der Waals surface area contributed by atoms with E-state index in [-0.39, 0.29) is 0 Å². The summed E-state index contributed by atoms with van der Waals surface area (Å²) < 4.78 is 0. The minimum Gasteiger partial charge on any atom is -0.341 e. The molecule has 2 rings (SSSR count). The van der Waals surface area contributed by atoms with Gasteiger partial charge >= 0.3 is 0 Å². The highest BCUT2D eigenvalue weighted by molar-refractivity contribution is 5.78. The molecule has 2 aliphatic rings. The van der Waals surface area contributed by atoms with Crippen molar-refractivity contribution in [2.75, 3.05) is 39.3 Å². The molecule has 2 fully saturated rings. The van der Waals surface area contributed by atoms with Gasteiger partial charge < -0.3 is 10.2 Å². The van der Waals surface area contributed by atoms with Crippen molar-refractivity contribution >= 4 is 5.91 Å². The lowest BCUT2D eigenvalue weighted by atomic mass is 10.2. The lowest BCUT2D eigenvalue weighted by Gasteiger charge is -2.34. The number of hydrogen-bond acceptors (Lipinski definition) is 3. The van der Waals surface area contributed by atoms with Gasteiger partial charge in [0.25, 0.3) is 0 Å². The highest BCUT2D eigenvalue weighted by Crippen LogP contribution is 2.10. The van der Waals surface area contributed by atoms with Crippen LogP contribution in [0.25, 0.3) is 0 Å². The summed E-state index contributed by atoms with van der Waals surface area (Å²) in [6.07, 6.45) is 1.81. The monoisotopic (exact) mass is 211 g/mol. The summed E-state index contributed by atoms with van der Waals surface area (Å²) in [5.41, 5.74) is 0. The van der Waals surface area contributed by atoms with Crippen LogP contribution < -0.4 is 5.32 Å². The second-order valence-electron chi connectivity index (χ2n) is 4.57. The average molecular weight is 211 g/mol. The smallest absolute Gasteiger partial charge is 0.222 e. The third-order valence-corrected chi connectivity index (χ3v) is 3.47. The van der Waals surface area contributed by atoms with Crippen molar-refractivity contribution in [1.82, 2.24) is 15.1 Å². The number of rotatable bonds is 3. The van der Waals surface area contributed by atoms with Gasteiger partial charge in [0, 0.05) is 51.7 Å². The Bertz CT molecular complexity index is 232. The van der Waals surface area contributed by atoms with E-state index < -0.39 is 0 Å². The topological polar surface area (TPSA) is 35.6 Å². The van der Waals surface area contributed by atoms with E-state index in [0.29, 0.717) is 11.9 Å². The third kappa shape index (κ3) is 2.69. The van der Waals surface area contributed by atoms with Crippen LogP contribution in [-0.2, 0) is 4.79 Å². The molecular formula is C11H21N3O. The van der Waals surface area contributed by atoms with Crippen molar-refractivity contribution in [3.63, 3.8) is 0 Å². The molecule has 2 heterocycles. The molecule has 4 nitrogen and oxygen atoms in total. The summed E-state index contributed by atoms with van der Waals surface area (Å²) in [5, 5.41) is 3.38. The summed E-state index contributed by atoms with van der Waals surface area (Å²) >= 11 is 0. The standard InChI is InChI=1S/C11H21N3O/c1-10-9-12-4-6-13(10)7-8-14-5-2-3-11(14)15/h10,12H,2-9H2,1H3/t10-/m1/s1. The maximum absolute atomic E-state index is 11.4. The Morgan fingerprint density at radius 1 is 1.40 bits per heavy atom. The Balaban J connectivity index is 1.74. The van der Waals surface area contributed by atoms with Crippen molar-refractivity contribution in [1.29, 1.82) is 0 Å². The molecule has 0 aromatic heterocycles. The van der Waals surface area contributed by atoms with Crippen molar-refractivity contribution in [3.8, 4) is 0 Å². The number of amides is 1. The van der Waals surface area contributed by atoms with Gasteiger partial charge in [-0.25, -0.2) is 0 Å². The average Bonchev–Trinajstić information content (AvgIpc) is 2.63. The van der Waals surface area contributed by atoms with Gasteiger partial charge in [0.1, 0.15) is 0 Å². The number of likely N-dealkylation sites (tertiary alicyclic amines) is 1. The number of hydrogen-bond donors (Lipinski definition) is 1. The maximum atomic E-state index is 11.4. The molecular weight excluding hydrogens is 190 g/mol. The molecule has 2 aliphatic heterocycles. The fourth-order valence-corrected chi connectivity index (χ4v) is 2.40. The molecule has 0 unspecified atom stereocenters. The van der Waals surface area contributed by atoms with Crippen molar-refractivity contribution in [3.05, 3.63) is 0 Å². The van der Waals surface area contributed by atoms with Crippen LogP contribution in [-0.4, -0.2) is 61.0 Å². The van der Waals surface area contributed by atoms with E-state index in [4.69, 9.17) is 0 Å². The molecule has 86 valence electrons. The van der Waals surface area contributed by atoms with Crippen molar-refractivity contribution in [2.45, 2.75) is 25.8 Å². The first-order chi connectivity index (χ1) is 7.27. The largest absolute Gasteiger partial charge is 0.341 e. The molecule has 0 saturated carbocycles. The van der Waals surface area contributed by atoms with E-state index >= 15 is 0 Å². The van der Waals surface area contributed by atoms with Gasteiger partial charge in [-0.2, -0.15) is 0 Å². The maximum Gasteiger partial charge on any atom is 0.222 e. The lowest BCUT2D eigenvalue weighted by Crippen LogP contribution is -2.51. The first-order valence-electron chi connectivity index (χ1n) is 6.00. The van der Waals surface area contributed by atoms with E-state index in [2.05, 4.69) is 17.1 Å². The predicted octanol–water partition coefficient (Wildman–Crippen LogP) is -0.0975. The Morgan fingerprint density at radius 3 is 2.93 bits per heavy atom. The Hall–Kier alpha value is -0.610. The Morgan fingerprint density at radius 2 is 2.27 bits per heavy atom. The van der Waals surface area contributed by atoms with Crippen molar-refractivity contribution < 1.29 is 4.79 Å². The molecule has 2 saturated heterocycles. The normalized spacial score (nSPS) is 28.7. The molecule has 0 aromatic carbocycles. The van der Waals surface area contributed by atoms with Gasteiger partial charge in [0.15, 0.2) is 0 Å². The van der Waals surface area contributed by atoms with E-state index in [1.807, 2.05) is 4.90 Å². The van der Waals surface area contributed by atoms with Gasteiger partial charge in [0.05, 0.1) is 0 Å². The molecule has 4 heteroatoms. The number of carbonyl (C=O) groups excluding carboxylic acids is 1. The highest BCUT2D eigenvalue weighted by atomic mass is 16.2. The van der Waals surface area contributed by atoms with E-state index in [9.17, 15) is 4.79 Å². The predicted molar refractivity (Wildman–Crippen MR) is 59.7 cm³/mol. The van der Waals surface area contributed by atoms with E-state index in [1.54, 1.807) is 0 Å². The molecule has 0 aromatic rings. The van der Waals surface area contributed by atoms with Gasteiger partial charge in [-0.15, -0.1) is 0 Å². The molecule has 0 spiro atoms. The minimum atomic E-state index is 0.345. The second kappa shape index (κ2) is 4.94. The fourth-order valence-electron chi connectivity index (χ4n) is 2.40. The first kappa shape index (κ1) is 10.9. The number of nitrogens with one attached hydrogen (secondary N) is 1. The fraction of sp³-hybridized carbons (Fsp3) is 0.909. The summed E-state index contributed by atoms with van der Waals surface area (Å²) in [6, 6.07) is 0.608. The molecule has 1 amide bonds. The van der Waals surface area contributed by atoms with Gasteiger partial charge in [-0.05, 0) is 13.3 Å². The van der Waals surface area contributed by atoms with Crippen LogP contribution in [0.15, 0.2) is 0 Å². The number of piperazine rings is 1. The quantitative estimate of drug-likeness (QED) is 0.708. The summed E-state index contributed by atoms with van der Waals surface area (Å²) in [4.78, 5) is 15.9.